The van der Waals surface area contributed by atoms with Gasteiger partial charge in [-0.3, -0.25) is 10.1 Å². The van der Waals surface area contributed by atoms with Crippen LogP contribution >= 0.6 is 15.9 Å². The number of benzene rings is 1. The number of nitrogens with zero attached hydrogens (tertiary/aromatic N) is 1. The van der Waals surface area contributed by atoms with Crippen LogP contribution < -0.4 is 5.73 Å². The van der Waals surface area contributed by atoms with Crippen LogP contribution in [-0.2, 0) is 4.74 Å². The number of carbonyl (C=O) groups is 1. The minimum Gasteiger partial charge on any atom is -0.462 e. The van der Waals surface area contributed by atoms with Crippen molar-refractivity contribution >= 4 is 33.3 Å². The van der Waals surface area contributed by atoms with Crippen LogP contribution in [0.25, 0.3) is 0 Å². The zero-order valence-corrected chi connectivity index (χ0v) is 9.98. The summed E-state index contributed by atoms with van der Waals surface area (Å²) in [6.07, 6.45) is 0. The van der Waals surface area contributed by atoms with Crippen molar-refractivity contribution in [2.45, 2.75) is 6.92 Å². The highest BCUT2D eigenvalue weighted by Crippen LogP contribution is 2.29. The van der Waals surface area contributed by atoms with Crippen molar-refractivity contribution in [1.82, 2.24) is 0 Å². The number of esters is 1. The highest BCUT2D eigenvalue weighted by molar-refractivity contribution is 9.10. The lowest BCUT2D eigenvalue weighted by atomic mass is 10.2. The third-order valence-electron chi connectivity index (χ3n) is 1.79. The van der Waals surface area contributed by atoms with Crippen LogP contribution in [0, 0.1) is 10.1 Å². The highest BCUT2D eigenvalue weighted by atomic mass is 79.9. The Hall–Kier alpha value is -1.63. The van der Waals surface area contributed by atoms with Gasteiger partial charge in [-0.15, -0.1) is 0 Å². The van der Waals surface area contributed by atoms with Crippen molar-refractivity contribution < 1.29 is 14.5 Å². The maximum absolute atomic E-state index is 11.5. The van der Waals surface area contributed by atoms with Crippen LogP contribution in [0.1, 0.15) is 17.3 Å². The lowest BCUT2D eigenvalue weighted by Crippen LogP contribution is -2.07. The third-order valence-corrected chi connectivity index (χ3v) is 2.68. The van der Waals surface area contributed by atoms with Gasteiger partial charge in [-0.1, -0.05) is 0 Å². The second kappa shape index (κ2) is 4.93. The van der Waals surface area contributed by atoms with E-state index in [1.165, 1.54) is 6.07 Å². The van der Waals surface area contributed by atoms with Gasteiger partial charge >= 0.3 is 5.97 Å². The number of nitro groups is 1. The van der Waals surface area contributed by atoms with E-state index in [1.807, 2.05) is 0 Å². The van der Waals surface area contributed by atoms with Gasteiger partial charge < -0.3 is 10.5 Å². The summed E-state index contributed by atoms with van der Waals surface area (Å²) in [6, 6.07) is 2.30. The second-order valence-electron chi connectivity index (χ2n) is 2.87. The Morgan fingerprint density at radius 2 is 2.25 bits per heavy atom. The summed E-state index contributed by atoms with van der Waals surface area (Å²) in [5, 5.41) is 10.6. The quantitative estimate of drug-likeness (QED) is 0.398. The van der Waals surface area contributed by atoms with E-state index in [0.717, 1.165) is 6.07 Å². The molecule has 0 atom stereocenters. The molecule has 16 heavy (non-hydrogen) atoms. The smallest absolute Gasteiger partial charge is 0.339 e. The molecule has 0 spiro atoms. The molecule has 0 aliphatic rings. The largest absolute Gasteiger partial charge is 0.462 e. The Kier molecular flexibility index (Phi) is 3.83. The molecule has 0 heterocycles. The molecule has 1 rings (SSSR count). The molecule has 6 nitrogen and oxygen atoms in total. The average molecular weight is 289 g/mol. The molecule has 0 aromatic heterocycles. The van der Waals surface area contributed by atoms with Gasteiger partial charge in [0.05, 0.1) is 27.3 Å². The van der Waals surface area contributed by atoms with E-state index in [2.05, 4.69) is 15.9 Å². The van der Waals surface area contributed by atoms with Crippen LogP contribution in [0.3, 0.4) is 0 Å². The topological polar surface area (TPSA) is 95.5 Å². The van der Waals surface area contributed by atoms with Gasteiger partial charge in [0, 0.05) is 12.1 Å². The van der Waals surface area contributed by atoms with Gasteiger partial charge in [0.15, 0.2) is 0 Å². The average Bonchev–Trinajstić information content (AvgIpc) is 2.21. The number of nitrogen functional groups attached to an aromatic ring is 1. The number of rotatable bonds is 3. The molecule has 0 amide bonds. The molecule has 0 unspecified atom stereocenters. The molecule has 0 fully saturated rings. The molecular formula is C9H9BrN2O4. The number of carbonyl (C=O) groups excluding carboxylic acids is 1. The lowest BCUT2D eigenvalue weighted by Gasteiger charge is -2.06. The zero-order valence-electron chi connectivity index (χ0n) is 8.40. The first-order valence-corrected chi connectivity index (χ1v) is 5.17. The first-order valence-electron chi connectivity index (χ1n) is 4.38. The van der Waals surface area contributed by atoms with E-state index in [9.17, 15) is 14.9 Å². The van der Waals surface area contributed by atoms with Crippen LogP contribution in [0.5, 0.6) is 0 Å². The fourth-order valence-corrected chi connectivity index (χ4v) is 1.48. The Labute approximate surface area is 99.7 Å². The molecule has 1 aromatic carbocycles. The summed E-state index contributed by atoms with van der Waals surface area (Å²) in [4.78, 5) is 21.4. The number of hydrogen-bond donors (Lipinski definition) is 1. The van der Waals surface area contributed by atoms with Gasteiger partial charge in [-0.25, -0.2) is 4.79 Å². The molecule has 0 aliphatic carbocycles. The molecule has 7 heteroatoms. The Morgan fingerprint density at radius 1 is 1.62 bits per heavy atom. The maximum atomic E-state index is 11.5. The molecule has 0 aliphatic heterocycles. The van der Waals surface area contributed by atoms with E-state index >= 15 is 0 Å². The molecule has 86 valence electrons. The SMILES string of the molecule is CCOC(=O)c1cc([N+](=O)[O-])cc(N)c1Br. The van der Waals surface area contributed by atoms with Gasteiger partial charge in [0.25, 0.3) is 5.69 Å². The Balaban J connectivity index is 3.26. The van der Waals surface area contributed by atoms with Crippen LogP contribution in [0.4, 0.5) is 11.4 Å². The summed E-state index contributed by atoms with van der Waals surface area (Å²) >= 11 is 3.09. The lowest BCUT2D eigenvalue weighted by molar-refractivity contribution is -0.384. The number of hydrogen-bond acceptors (Lipinski definition) is 5. The van der Waals surface area contributed by atoms with Crippen molar-refractivity contribution in [1.29, 1.82) is 0 Å². The van der Waals surface area contributed by atoms with Gasteiger partial charge in [-0.05, 0) is 22.9 Å². The van der Waals surface area contributed by atoms with E-state index in [0.29, 0.717) is 4.47 Å². The molecule has 0 saturated heterocycles. The second-order valence-corrected chi connectivity index (χ2v) is 3.67. The number of anilines is 1. The van der Waals surface area contributed by atoms with Crippen LogP contribution in [0.15, 0.2) is 16.6 Å². The van der Waals surface area contributed by atoms with Gasteiger partial charge in [0.1, 0.15) is 0 Å². The van der Waals surface area contributed by atoms with Crippen molar-refractivity contribution in [2.75, 3.05) is 12.3 Å². The molecule has 0 radical (unpaired) electrons. The molecule has 0 saturated carbocycles. The standard InChI is InChI=1S/C9H9BrN2O4/c1-2-16-9(13)6-3-5(12(14)15)4-7(11)8(6)10/h3-4H,2,11H2,1H3. The Bertz CT molecular complexity index is 447. The minimum absolute atomic E-state index is 0.0496. The Morgan fingerprint density at radius 3 is 2.75 bits per heavy atom. The summed E-state index contributed by atoms with van der Waals surface area (Å²) in [5.41, 5.74) is 5.46. The number of nitrogens with two attached hydrogens (primary N) is 1. The maximum Gasteiger partial charge on any atom is 0.339 e. The first-order chi connectivity index (χ1) is 7.47. The van der Waals surface area contributed by atoms with E-state index in [4.69, 9.17) is 10.5 Å². The predicted molar refractivity (Wildman–Crippen MR) is 61.2 cm³/mol. The molecular weight excluding hydrogens is 280 g/mol. The molecule has 0 bridgehead atoms. The molecule has 2 N–H and O–H groups in total. The van der Waals surface area contributed by atoms with Crippen LogP contribution in [-0.4, -0.2) is 17.5 Å². The van der Waals surface area contributed by atoms with Crippen molar-refractivity contribution in [3.05, 3.63) is 32.3 Å². The first kappa shape index (κ1) is 12.4. The van der Waals surface area contributed by atoms with Gasteiger partial charge in [0.2, 0.25) is 0 Å². The van der Waals surface area contributed by atoms with Crippen LogP contribution in [0.2, 0.25) is 0 Å². The summed E-state index contributed by atoms with van der Waals surface area (Å²) in [6.45, 7) is 1.83. The number of non-ortho nitro benzene ring substituents is 1. The normalized spacial score (nSPS) is 9.88. The summed E-state index contributed by atoms with van der Waals surface area (Å²) in [7, 11) is 0. The summed E-state index contributed by atoms with van der Waals surface area (Å²) < 4.78 is 5.05. The minimum atomic E-state index is -0.648. The fraction of sp³-hybridized carbons (Fsp3) is 0.222. The predicted octanol–water partition coefficient (Wildman–Crippen LogP) is 2.12. The summed E-state index contributed by atoms with van der Waals surface area (Å²) in [5.74, 6) is -0.648. The number of nitro benzene ring substituents is 1. The third kappa shape index (κ3) is 2.48. The monoisotopic (exact) mass is 288 g/mol. The van der Waals surface area contributed by atoms with Crippen molar-refractivity contribution in [3.63, 3.8) is 0 Å². The fourth-order valence-electron chi connectivity index (χ4n) is 1.09. The van der Waals surface area contributed by atoms with Crippen molar-refractivity contribution in [3.8, 4) is 0 Å². The zero-order chi connectivity index (χ0) is 12.3. The van der Waals surface area contributed by atoms with Gasteiger partial charge in [-0.2, -0.15) is 0 Å². The highest BCUT2D eigenvalue weighted by Gasteiger charge is 2.19. The number of halogens is 1. The van der Waals surface area contributed by atoms with Crippen molar-refractivity contribution in [2.24, 2.45) is 0 Å². The number of ether oxygens (including phenoxy) is 1. The van der Waals surface area contributed by atoms with E-state index < -0.39 is 10.9 Å². The van der Waals surface area contributed by atoms with E-state index in [1.54, 1.807) is 6.92 Å². The molecule has 1 aromatic rings. The van der Waals surface area contributed by atoms with E-state index in [-0.39, 0.29) is 23.5 Å².